The minimum Gasteiger partial charge on any atom is -0.443 e. The molecule has 3 aromatic heterocycles. The number of alkyl carbamates (subject to hydrolysis) is 1. The molecular weight excluding hydrogens is 465 g/mol. The summed E-state index contributed by atoms with van der Waals surface area (Å²) in [6.07, 6.45) is 3.07. The third kappa shape index (κ3) is 3.76. The zero-order chi connectivity index (χ0) is 23.4. The van der Waals surface area contributed by atoms with Gasteiger partial charge in [0.2, 0.25) is 0 Å². The normalized spacial score (nSPS) is 29.5. The van der Waals surface area contributed by atoms with E-state index in [0.29, 0.717) is 42.3 Å². The Morgan fingerprint density at radius 3 is 2.91 bits per heavy atom. The van der Waals surface area contributed by atoms with Crippen LogP contribution in [0.15, 0.2) is 18.3 Å². The highest BCUT2D eigenvalue weighted by molar-refractivity contribution is 6.29. The van der Waals surface area contributed by atoms with Gasteiger partial charge in [0, 0.05) is 30.3 Å². The number of aromatic amines is 1. The second-order valence-electron chi connectivity index (χ2n) is 9.60. The van der Waals surface area contributed by atoms with E-state index in [9.17, 15) is 4.79 Å². The van der Waals surface area contributed by atoms with Gasteiger partial charge in [-0.2, -0.15) is 10.2 Å². The lowest BCUT2D eigenvalue weighted by Gasteiger charge is -2.61. The van der Waals surface area contributed by atoms with Crippen molar-refractivity contribution in [1.29, 1.82) is 0 Å². The van der Waals surface area contributed by atoms with Gasteiger partial charge in [0.05, 0.1) is 18.5 Å². The number of aromatic nitrogens is 5. The molecule has 0 spiro atoms. The summed E-state index contributed by atoms with van der Waals surface area (Å²) in [7, 11) is 1.60. The van der Waals surface area contributed by atoms with E-state index in [0.717, 1.165) is 30.9 Å². The molecule has 4 aliphatic rings. The SMILES string of the molecule is COCc1cc2c(Nc3cc([C@@H]4CC[C@H](OC(=O)NC56CC(C5)C6)[C@H]4F)[nH]n3)nc(Cl)cn2n1. The molecule has 3 atom stereocenters. The number of carbonyl (C=O) groups is 1. The van der Waals surface area contributed by atoms with E-state index in [1.54, 1.807) is 23.9 Å². The van der Waals surface area contributed by atoms with E-state index < -0.39 is 24.3 Å². The van der Waals surface area contributed by atoms with Crippen LogP contribution in [0.2, 0.25) is 5.15 Å². The number of nitrogens with zero attached hydrogens (tertiary/aromatic N) is 4. The molecule has 0 unspecified atom stereocenters. The number of ether oxygens (including phenoxy) is 2. The summed E-state index contributed by atoms with van der Waals surface area (Å²) in [5.41, 5.74) is 1.98. The lowest BCUT2D eigenvalue weighted by Crippen LogP contribution is -2.68. The predicted octanol–water partition coefficient (Wildman–Crippen LogP) is 3.86. The Balaban J connectivity index is 1.12. The van der Waals surface area contributed by atoms with Crippen molar-refractivity contribution in [2.75, 3.05) is 12.4 Å². The van der Waals surface area contributed by atoms with Gasteiger partial charge < -0.3 is 20.1 Å². The number of hydrogen-bond acceptors (Lipinski definition) is 7. The van der Waals surface area contributed by atoms with Gasteiger partial charge >= 0.3 is 6.09 Å². The van der Waals surface area contributed by atoms with Crippen LogP contribution in [0.3, 0.4) is 0 Å². The van der Waals surface area contributed by atoms with E-state index in [2.05, 4.69) is 30.9 Å². The molecule has 34 heavy (non-hydrogen) atoms. The van der Waals surface area contributed by atoms with Gasteiger partial charge in [0.15, 0.2) is 11.6 Å². The summed E-state index contributed by atoms with van der Waals surface area (Å²) in [6, 6.07) is 3.59. The van der Waals surface area contributed by atoms with Gasteiger partial charge in [-0.3, -0.25) is 5.10 Å². The minimum absolute atomic E-state index is 0.0882. The maximum absolute atomic E-state index is 15.2. The highest BCUT2D eigenvalue weighted by atomic mass is 35.5. The summed E-state index contributed by atoms with van der Waals surface area (Å²) >= 11 is 6.15. The summed E-state index contributed by atoms with van der Waals surface area (Å²) in [5, 5.41) is 17.9. The standard InChI is InChI=1S/C22H25ClFN7O3/c1-33-10-12-4-15-20(25-17(23)9-31(15)30-12)26-18-5-14(28-29-18)13-2-3-16(19(13)24)34-21(32)27-22-6-11(7-22)8-22/h4-5,9,11,13,16,19H,2-3,6-8,10H2,1H3,(H,27,32)(H2,25,26,28,29)/t11?,13-,16-,19-,22?/m0/s1. The van der Waals surface area contributed by atoms with Crippen molar-refractivity contribution in [3.05, 3.63) is 34.9 Å². The average Bonchev–Trinajstić information content (AvgIpc) is 3.44. The monoisotopic (exact) mass is 489 g/mol. The second-order valence-corrected chi connectivity index (χ2v) is 9.99. The number of amides is 1. The molecular formula is C22H25ClFN7O3. The van der Waals surface area contributed by atoms with E-state index >= 15 is 4.39 Å². The minimum atomic E-state index is -1.31. The molecule has 3 heterocycles. The van der Waals surface area contributed by atoms with Crippen LogP contribution in [-0.2, 0) is 16.1 Å². The number of anilines is 2. The largest absolute Gasteiger partial charge is 0.443 e. The highest BCUT2D eigenvalue weighted by Crippen LogP contribution is 2.57. The maximum atomic E-state index is 15.2. The van der Waals surface area contributed by atoms with Crippen molar-refractivity contribution in [3.63, 3.8) is 0 Å². The number of H-pyrrole nitrogens is 1. The summed E-state index contributed by atoms with van der Waals surface area (Å²) in [4.78, 5) is 16.6. The molecule has 4 saturated carbocycles. The van der Waals surface area contributed by atoms with Crippen molar-refractivity contribution in [3.8, 4) is 0 Å². The number of methoxy groups -OCH3 is 1. The number of rotatable bonds is 7. The quantitative estimate of drug-likeness (QED) is 0.461. The molecule has 0 aliphatic heterocycles. The summed E-state index contributed by atoms with van der Waals surface area (Å²) in [5.74, 6) is 1.24. The molecule has 12 heteroatoms. The fourth-order valence-corrected chi connectivity index (χ4v) is 5.60. The van der Waals surface area contributed by atoms with Gasteiger partial charge in [-0.25, -0.2) is 18.7 Å². The van der Waals surface area contributed by atoms with Crippen LogP contribution in [0.1, 0.15) is 49.4 Å². The van der Waals surface area contributed by atoms with Crippen molar-refractivity contribution in [1.82, 2.24) is 30.1 Å². The van der Waals surface area contributed by atoms with Crippen molar-refractivity contribution in [2.24, 2.45) is 5.92 Å². The Kier molecular flexibility index (Phi) is 5.14. The molecule has 4 fully saturated rings. The predicted molar refractivity (Wildman–Crippen MR) is 121 cm³/mol. The molecule has 180 valence electrons. The zero-order valence-electron chi connectivity index (χ0n) is 18.6. The van der Waals surface area contributed by atoms with Crippen LogP contribution < -0.4 is 10.6 Å². The molecule has 0 radical (unpaired) electrons. The smallest absolute Gasteiger partial charge is 0.407 e. The Labute approximate surface area is 199 Å². The van der Waals surface area contributed by atoms with E-state index in [-0.39, 0.29) is 10.7 Å². The second kappa shape index (κ2) is 8.09. The fourth-order valence-electron chi connectivity index (χ4n) is 5.42. The Bertz CT molecular complexity index is 1230. The van der Waals surface area contributed by atoms with Crippen LogP contribution in [0.4, 0.5) is 20.8 Å². The molecule has 3 aromatic rings. The molecule has 1 amide bonds. The van der Waals surface area contributed by atoms with E-state index in [1.807, 2.05) is 6.07 Å². The van der Waals surface area contributed by atoms with Crippen LogP contribution in [0.5, 0.6) is 0 Å². The van der Waals surface area contributed by atoms with Crippen LogP contribution in [0, 0.1) is 5.92 Å². The molecule has 7 rings (SSSR count). The fraction of sp³-hybridized carbons (Fsp3) is 0.545. The molecule has 10 nitrogen and oxygen atoms in total. The van der Waals surface area contributed by atoms with Gasteiger partial charge in [-0.15, -0.1) is 0 Å². The van der Waals surface area contributed by atoms with Crippen molar-refractivity contribution in [2.45, 2.75) is 62.4 Å². The molecule has 0 aromatic carbocycles. The maximum Gasteiger partial charge on any atom is 0.407 e. The first-order chi connectivity index (χ1) is 16.4. The Morgan fingerprint density at radius 2 is 2.18 bits per heavy atom. The molecule has 3 N–H and O–H groups in total. The lowest BCUT2D eigenvalue weighted by atomic mass is 9.50. The zero-order valence-corrected chi connectivity index (χ0v) is 19.3. The topological polar surface area (TPSA) is 118 Å². The van der Waals surface area contributed by atoms with Crippen LogP contribution >= 0.6 is 11.6 Å². The van der Waals surface area contributed by atoms with Gasteiger partial charge in [0.1, 0.15) is 22.9 Å². The molecule has 4 aliphatic carbocycles. The Hall–Kier alpha value is -2.92. The first-order valence-corrected chi connectivity index (χ1v) is 11.8. The first kappa shape index (κ1) is 21.6. The van der Waals surface area contributed by atoms with E-state index in [4.69, 9.17) is 21.1 Å². The van der Waals surface area contributed by atoms with E-state index in [1.165, 1.54) is 0 Å². The lowest BCUT2D eigenvalue weighted by molar-refractivity contribution is -0.0532. The average molecular weight is 490 g/mol. The molecule has 0 saturated heterocycles. The van der Waals surface area contributed by atoms with Gasteiger partial charge in [0.25, 0.3) is 0 Å². The number of nitrogens with one attached hydrogen (secondary N) is 3. The number of halogens is 2. The number of fused-ring (bicyclic) bond motifs is 1. The van der Waals surface area contributed by atoms with Crippen LogP contribution in [0.25, 0.3) is 5.52 Å². The van der Waals surface area contributed by atoms with Crippen molar-refractivity contribution >= 4 is 34.8 Å². The number of carbonyl (C=O) groups excluding carboxylic acids is 1. The number of hydrogen-bond donors (Lipinski definition) is 3. The number of alkyl halides is 1. The summed E-state index contributed by atoms with van der Waals surface area (Å²) < 4.78 is 27.4. The Morgan fingerprint density at radius 1 is 1.35 bits per heavy atom. The van der Waals surface area contributed by atoms with Gasteiger partial charge in [-0.1, -0.05) is 11.6 Å². The highest BCUT2D eigenvalue weighted by Gasteiger charge is 2.58. The van der Waals surface area contributed by atoms with Crippen LogP contribution in [-0.4, -0.2) is 55.8 Å². The van der Waals surface area contributed by atoms with Crippen molar-refractivity contribution < 1.29 is 18.7 Å². The molecule has 2 bridgehead atoms. The third-order valence-electron chi connectivity index (χ3n) is 7.18. The third-order valence-corrected chi connectivity index (χ3v) is 7.36. The first-order valence-electron chi connectivity index (χ1n) is 11.4. The summed E-state index contributed by atoms with van der Waals surface area (Å²) in [6.45, 7) is 0.355. The van der Waals surface area contributed by atoms with Gasteiger partial charge in [-0.05, 0) is 44.1 Å².